The fraction of sp³-hybridized carbons (Fsp3) is 0.556. The van der Waals surface area contributed by atoms with Crippen molar-refractivity contribution in [3.8, 4) is 5.75 Å². The molecule has 1 fully saturated rings. The SMILES string of the molecule is CCN(C[C@@H]1CCOC1)C(=O)CN1C(=O)[C@@H](C)Oc2ccccc21. The van der Waals surface area contributed by atoms with Gasteiger partial charge in [-0.05, 0) is 32.4 Å². The van der Waals surface area contributed by atoms with Gasteiger partial charge in [0, 0.05) is 25.6 Å². The van der Waals surface area contributed by atoms with Crippen LogP contribution in [0.5, 0.6) is 5.75 Å². The highest BCUT2D eigenvalue weighted by molar-refractivity contribution is 6.03. The number of para-hydroxylation sites is 2. The van der Waals surface area contributed by atoms with Crippen LogP contribution in [0.2, 0.25) is 0 Å². The predicted octanol–water partition coefficient (Wildman–Crippen LogP) is 1.69. The Labute approximate surface area is 142 Å². The molecule has 0 spiro atoms. The molecule has 0 saturated carbocycles. The summed E-state index contributed by atoms with van der Waals surface area (Å²) in [6.07, 6.45) is 0.408. The highest BCUT2D eigenvalue weighted by Gasteiger charge is 2.33. The van der Waals surface area contributed by atoms with E-state index < -0.39 is 6.10 Å². The summed E-state index contributed by atoms with van der Waals surface area (Å²) in [5, 5.41) is 0. The lowest BCUT2D eigenvalue weighted by Crippen LogP contribution is -2.50. The van der Waals surface area contributed by atoms with E-state index in [9.17, 15) is 9.59 Å². The van der Waals surface area contributed by atoms with E-state index in [0.717, 1.165) is 13.0 Å². The summed E-state index contributed by atoms with van der Waals surface area (Å²) in [4.78, 5) is 28.6. The molecule has 0 unspecified atom stereocenters. The van der Waals surface area contributed by atoms with Gasteiger partial charge in [0.1, 0.15) is 12.3 Å². The number of hydrogen-bond donors (Lipinski definition) is 0. The molecule has 2 aliphatic heterocycles. The Balaban J connectivity index is 1.73. The normalized spacial score (nSPS) is 22.9. The summed E-state index contributed by atoms with van der Waals surface area (Å²) in [5.41, 5.74) is 0.661. The number of benzene rings is 1. The van der Waals surface area contributed by atoms with Crippen LogP contribution in [0.15, 0.2) is 24.3 Å². The third-order valence-corrected chi connectivity index (χ3v) is 4.60. The van der Waals surface area contributed by atoms with Crippen LogP contribution in [0.4, 0.5) is 5.69 Å². The van der Waals surface area contributed by atoms with Crippen LogP contribution in [0.25, 0.3) is 0 Å². The summed E-state index contributed by atoms with van der Waals surface area (Å²) in [5.74, 6) is 0.814. The molecule has 1 aromatic rings. The average Bonchev–Trinajstić information content (AvgIpc) is 3.09. The lowest BCUT2D eigenvalue weighted by Gasteiger charge is -2.34. The van der Waals surface area contributed by atoms with Crippen LogP contribution < -0.4 is 9.64 Å². The molecule has 24 heavy (non-hydrogen) atoms. The molecule has 6 nitrogen and oxygen atoms in total. The van der Waals surface area contributed by atoms with Crippen LogP contribution in [-0.2, 0) is 14.3 Å². The highest BCUT2D eigenvalue weighted by Crippen LogP contribution is 2.33. The van der Waals surface area contributed by atoms with Gasteiger partial charge in [-0.3, -0.25) is 14.5 Å². The summed E-state index contributed by atoms with van der Waals surface area (Å²) in [6.45, 7) is 6.51. The Bertz CT molecular complexity index is 613. The van der Waals surface area contributed by atoms with Crippen molar-refractivity contribution in [3.05, 3.63) is 24.3 Å². The second-order valence-corrected chi connectivity index (χ2v) is 6.31. The van der Waals surface area contributed by atoms with Crippen molar-refractivity contribution in [2.75, 3.05) is 37.7 Å². The average molecular weight is 332 g/mol. The van der Waals surface area contributed by atoms with E-state index in [0.29, 0.717) is 37.1 Å². The van der Waals surface area contributed by atoms with Crippen molar-refractivity contribution >= 4 is 17.5 Å². The van der Waals surface area contributed by atoms with Gasteiger partial charge in [-0.1, -0.05) is 12.1 Å². The summed E-state index contributed by atoms with van der Waals surface area (Å²) >= 11 is 0. The topological polar surface area (TPSA) is 59.1 Å². The number of hydrogen-bond acceptors (Lipinski definition) is 4. The van der Waals surface area contributed by atoms with E-state index in [1.165, 1.54) is 0 Å². The second-order valence-electron chi connectivity index (χ2n) is 6.31. The first-order valence-electron chi connectivity index (χ1n) is 8.52. The van der Waals surface area contributed by atoms with Crippen molar-refractivity contribution in [1.29, 1.82) is 0 Å². The molecule has 0 N–H and O–H groups in total. The van der Waals surface area contributed by atoms with Gasteiger partial charge in [0.15, 0.2) is 6.10 Å². The lowest BCUT2D eigenvalue weighted by atomic mass is 10.1. The molecule has 6 heteroatoms. The highest BCUT2D eigenvalue weighted by atomic mass is 16.5. The molecule has 3 rings (SSSR count). The Morgan fingerprint density at radius 1 is 1.38 bits per heavy atom. The van der Waals surface area contributed by atoms with Crippen LogP contribution in [0, 0.1) is 5.92 Å². The lowest BCUT2D eigenvalue weighted by molar-refractivity contribution is -0.133. The number of anilines is 1. The smallest absolute Gasteiger partial charge is 0.268 e. The van der Waals surface area contributed by atoms with Crippen molar-refractivity contribution in [2.45, 2.75) is 26.4 Å². The zero-order valence-electron chi connectivity index (χ0n) is 14.2. The molecule has 130 valence electrons. The summed E-state index contributed by atoms with van der Waals surface area (Å²) < 4.78 is 11.0. The Hall–Kier alpha value is -2.08. The number of likely N-dealkylation sites (N-methyl/N-ethyl adjacent to an activating group) is 1. The minimum absolute atomic E-state index is 0.0401. The van der Waals surface area contributed by atoms with Gasteiger partial charge in [0.05, 0.1) is 12.3 Å². The van der Waals surface area contributed by atoms with Gasteiger partial charge in [-0.2, -0.15) is 0 Å². The van der Waals surface area contributed by atoms with Crippen LogP contribution in [0.1, 0.15) is 20.3 Å². The number of rotatable bonds is 5. The van der Waals surface area contributed by atoms with Gasteiger partial charge < -0.3 is 14.4 Å². The molecule has 2 heterocycles. The zero-order valence-corrected chi connectivity index (χ0v) is 14.2. The summed E-state index contributed by atoms with van der Waals surface area (Å²) in [6, 6.07) is 7.34. The molecule has 0 aliphatic carbocycles. The van der Waals surface area contributed by atoms with Gasteiger partial charge in [-0.15, -0.1) is 0 Å². The van der Waals surface area contributed by atoms with Gasteiger partial charge in [0.25, 0.3) is 5.91 Å². The first-order valence-corrected chi connectivity index (χ1v) is 8.52. The van der Waals surface area contributed by atoms with Crippen LogP contribution >= 0.6 is 0 Å². The fourth-order valence-electron chi connectivity index (χ4n) is 3.20. The largest absolute Gasteiger partial charge is 0.479 e. The van der Waals surface area contributed by atoms with Crippen molar-refractivity contribution in [3.63, 3.8) is 0 Å². The van der Waals surface area contributed by atoms with E-state index in [-0.39, 0.29) is 18.4 Å². The van der Waals surface area contributed by atoms with Crippen LogP contribution in [0.3, 0.4) is 0 Å². The second kappa shape index (κ2) is 7.21. The Morgan fingerprint density at radius 3 is 2.88 bits per heavy atom. The number of nitrogens with zero attached hydrogens (tertiary/aromatic N) is 2. The van der Waals surface area contributed by atoms with E-state index in [1.807, 2.05) is 36.1 Å². The molecular weight excluding hydrogens is 308 g/mol. The number of carbonyl (C=O) groups excluding carboxylic acids is 2. The monoisotopic (exact) mass is 332 g/mol. The first-order chi connectivity index (χ1) is 11.6. The van der Waals surface area contributed by atoms with E-state index in [4.69, 9.17) is 9.47 Å². The summed E-state index contributed by atoms with van der Waals surface area (Å²) in [7, 11) is 0. The Kier molecular flexibility index (Phi) is 5.04. The van der Waals surface area contributed by atoms with Gasteiger partial charge in [-0.25, -0.2) is 0 Å². The third kappa shape index (κ3) is 3.38. The first kappa shape index (κ1) is 16.8. The maximum absolute atomic E-state index is 12.7. The quantitative estimate of drug-likeness (QED) is 0.823. The zero-order chi connectivity index (χ0) is 17.1. The minimum atomic E-state index is -0.578. The van der Waals surface area contributed by atoms with E-state index >= 15 is 0 Å². The maximum atomic E-state index is 12.7. The van der Waals surface area contributed by atoms with Gasteiger partial charge >= 0.3 is 0 Å². The molecule has 1 saturated heterocycles. The van der Waals surface area contributed by atoms with Crippen LogP contribution in [-0.4, -0.2) is 55.7 Å². The van der Waals surface area contributed by atoms with Crippen molar-refractivity contribution in [2.24, 2.45) is 5.92 Å². The molecule has 2 aliphatic rings. The molecule has 2 atom stereocenters. The van der Waals surface area contributed by atoms with E-state index in [1.54, 1.807) is 11.8 Å². The fourth-order valence-corrected chi connectivity index (χ4v) is 3.20. The molecule has 1 aromatic carbocycles. The number of ether oxygens (including phenoxy) is 2. The van der Waals surface area contributed by atoms with Crippen molar-refractivity contribution < 1.29 is 19.1 Å². The molecule has 2 amide bonds. The van der Waals surface area contributed by atoms with E-state index in [2.05, 4.69) is 0 Å². The molecule has 0 bridgehead atoms. The molecular formula is C18H24N2O4. The number of carbonyl (C=O) groups is 2. The molecule has 0 aromatic heterocycles. The number of amides is 2. The minimum Gasteiger partial charge on any atom is -0.479 e. The molecule has 0 radical (unpaired) electrons. The maximum Gasteiger partial charge on any atom is 0.268 e. The predicted molar refractivity (Wildman–Crippen MR) is 90.1 cm³/mol. The standard InChI is InChI=1S/C18H24N2O4/c1-3-19(10-14-8-9-23-12-14)17(21)11-20-15-6-4-5-7-16(15)24-13(2)18(20)22/h4-7,13-14H,3,8-12H2,1-2H3/t13-,14+/m1/s1. The Morgan fingerprint density at radius 2 is 2.17 bits per heavy atom. The third-order valence-electron chi connectivity index (χ3n) is 4.60. The van der Waals surface area contributed by atoms with Crippen molar-refractivity contribution in [1.82, 2.24) is 4.90 Å². The number of fused-ring (bicyclic) bond motifs is 1. The van der Waals surface area contributed by atoms with Gasteiger partial charge in [0.2, 0.25) is 5.91 Å².